The molecule has 0 unspecified atom stereocenters. The maximum Gasteiger partial charge on any atom is 0.201 e. The van der Waals surface area contributed by atoms with Gasteiger partial charge in [0.05, 0.1) is 11.4 Å². The van der Waals surface area contributed by atoms with E-state index in [0.29, 0.717) is 5.69 Å². The summed E-state index contributed by atoms with van der Waals surface area (Å²) in [6.45, 7) is 1.90. The van der Waals surface area contributed by atoms with Crippen LogP contribution in [0.25, 0.3) is 5.69 Å². The Kier molecular flexibility index (Phi) is 3.72. The lowest BCUT2D eigenvalue weighted by Crippen LogP contribution is -2.22. The zero-order valence-corrected chi connectivity index (χ0v) is 10.7. The van der Waals surface area contributed by atoms with E-state index in [1.54, 1.807) is 23.3 Å². The number of amidine groups is 1. The van der Waals surface area contributed by atoms with Gasteiger partial charge < -0.3 is 5.73 Å². The molecule has 0 amide bonds. The standard InChI is InChI=1S/C12H12N8/c1-8-2-3-9(20-6-16-17-7-20)4-10(8)18-19-11(5-13)12(14)15/h2-4,6-7,18H,1H3,(H3,14,15)/b19-11+. The van der Waals surface area contributed by atoms with E-state index in [2.05, 4.69) is 20.7 Å². The normalized spacial score (nSPS) is 10.9. The Labute approximate surface area is 115 Å². The second-order valence-electron chi connectivity index (χ2n) is 3.97. The van der Waals surface area contributed by atoms with Crippen LogP contribution in [-0.2, 0) is 0 Å². The summed E-state index contributed by atoms with van der Waals surface area (Å²) in [7, 11) is 0. The molecule has 0 radical (unpaired) electrons. The highest BCUT2D eigenvalue weighted by Gasteiger charge is 2.04. The first-order valence-electron chi connectivity index (χ1n) is 5.65. The van der Waals surface area contributed by atoms with Gasteiger partial charge in [-0.25, -0.2) is 0 Å². The number of anilines is 1. The number of aromatic nitrogens is 3. The van der Waals surface area contributed by atoms with Crippen molar-refractivity contribution in [3.8, 4) is 11.8 Å². The highest BCUT2D eigenvalue weighted by atomic mass is 15.3. The molecule has 8 nitrogen and oxygen atoms in total. The average molecular weight is 268 g/mol. The molecular formula is C12H12N8. The lowest BCUT2D eigenvalue weighted by atomic mass is 10.2. The summed E-state index contributed by atoms with van der Waals surface area (Å²) in [6.07, 6.45) is 3.15. The third kappa shape index (κ3) is 2.78. The molecule has 0 bridgehead atoms. The van der Waals surface area contributed by atoms with Crippen LogP contribution in [0.4, 0.5) is 5.69 Å². The van der Waals surface area contributed by atoms with Crippen molar-refractivity contribution >= 4 is 17.2 Å². The summed E-state index contributed by atoms with van der Waals surface area (Å²) in [5.41, 5.74) is 10.3. The number of nitrogens with two attached hydrogens (primary N) is 1. The number of nitriles is 1. The van der Waals surface area contributed by atoms with Gasteiger partial charge in [0, 0.05) is 0 Å². The van der Waals surface area contributed by atoms with Gasteiger partial charge in [-0.05, 0) is 24.6 Å². The van der Waals surface area contributed by atoms with E-state index in [1.165, 1.54) is 0 Å². The molecule has 0 aliphatic rings. The van der Waals surface area contributed by atoms with Gasteiger partial charge in [-0.2, -0.15) is 10.4 Å². The fourth-order valence-electron chi connectivity index (χ4n) is 1.49. The molecule has 8 heteroatoms. The Bertz CT molecular complexity index is 693. The van der Waals surface area contributed by atoms with Gasteiger partial charge in [-0.15, -0.1) is 10.2 Å². The summed E-state index contributed by atoms with van der Waals surface area (Å²) in [5, 5.41) is 27.3. The first-order valence-corrected chi connectivity index (χ1v) is 5.65. The highest BCUT2D eigenvalue weighted by molar-refractivity contribution is 6.45. The van der Waals surface area contributed by atoms with E-state index in [1.807, 2.05) is 25.1 Å². The fraction of sp³-hybridized carbons (Fsp3) is 0.0833. The van der Waals surface area contributed by atoms with Crippen molar-refractivity contribution in [3.63, 3.8) is 0 Å². The number of hydrogen-bond donors (Lipinski definition) is 3. The summed E-state index contributed by atoms with van der Waals surface area (Å²) in [5.74, 6) is -0.382. The number of rotatable bonds is 4. The van der Waals surface area contributed by atoms with Gasteiger partial charge in [-0.1, -0.05) is 6.07 Å². The lowest BCUT2D eigenvalue weighted by Gasteiger charge is -2.08. The molecule has 2 rings (SSSR count). The molecule has 1 aromatic heterocycles. The van der Waals surface area contributed by atoms with Crippen LogP contribution in [0.1, 0.15) is 5.56 Å². The maximum absolute atomic E-state index is 8.79. The van der Waals surface area contributed by atoms with Gasteiger partial charge in [0.2, 0.25) is 5.71 Å². The molecule has 0 spiro atoms. The van der Waals surface area contributed by atoms with Crippen LogP contribution in [0.15, 0.2) is 36.0 Å². The van der Waals surface area contributed by atoms with Crippen molar-refractivity contribution < 1.29 is 0 Å². The van der Waals surface area contributed by atoms with Crippen LogP contribution in [0.2, 0.25) is 0 Å². The summed E-state index contributed by atoms with van der Waals surface area (Å²) in [4.78, 5) is 0. The SMILES string of the molecule is Cc1ccc(-n2cnnc2)cc1N/N=C(\C#N)C(=N)N. The molecular weight excluding hydrogens is 256 g/mol. The molecule has 100 valence electrons. The molecule has 0 aliphatic carbocycles. The fourth-order valence-corrected chi connectivity index (χ4v) is 1.49. The zero-order chi connectivity index (χ0) is 14.5. The summed E-state index contributed by atoms with van der Waals surface area (Å²) < 4.78 is 1.74. The monoisotopic (exact) mass is 268 g/mol. The van der Waals surface area contributed by atoms with Crippen LogP contribution in [0.5, 0.6) is 0 Å². The molecule has 20 heavy (non-hydrogen) atoms. The van der Waals surface area contributed by atoms with Crippen molar-refractivity contribution in [3.05, 3.63) is 36.4 Å². The Morgan fingerprint density at radius 2 is 2.15 bits per heavy atom. The molecule has 4 N–H and O–H groups in total. The van der Waals surface area contributed by atoms with Crippen molar-refractivity contribution in [2.75, 3.05) is 5.43 Å². The topological polar surface area (TPSA) is 129 Å². The van der Waals surface area contributed by atoms with Crippen molar-refractivity contribution in [1.29, 1.82) is 10.7 Å². The summed E-state index contributed by atoms with van der Waals surface area (Å²) >= 11 is 0. The minimum atomic E-state index is -0.382. The van der Waals surface area contributed by atoms with E-state index in [-0.39, 0.29) is 11.5 Å². The first-order chi connectivity index (χ1) is 9.61. The number of nitrogens with zero attached hydrogens (tertiary/aromatic N) is 5. The minimum absolute atomic E-state index is 0.167. The molecule has 0 saturated carbocycles. The average Bonchev–Trinajstić information content (AvgIpc) is 2.95. The Hall–Kier alpha value is -3.21. The molecule has 2 aromatic rings. The highest BCUT2D eigenvalue weighted by Crippen LogP contribution is 2.19. The third-order valence-electron chi connectivity index (χ3n) is 2.59. The second kappa shape index (κ2) is 5.62. The van der Waals surface area contributed by atoms with Crippen LogP contribution in [-0.4, -0.2) is 26.3 Å². The van der Waals surface area contributed by atoms with Gasteiger partial charge in [0.1, 0.15) is 18.7 Å². The predicted molar refractivity (Wildman–Crippen MR) is 74.7 cm³/mol. The number of hydrogen-bond acceptors (Lipinski definition) is 6. The summed E-state index contributed by atoms with van der Waals surface area (Å²) in [6, 6.07) is 7.38. The number of hydrazone groups is 1. The number of nitrogens with one attached hydrogen (secondary N) is 2. The van der Waals surface area contributed by atoms with Gasteiger partial charge in [0.25, 0.3) is 0 Å². The van der Waals surface area contributed by atoms with E-state index in [4.69, 9.17) is 16.4 Å². The Morgan fingerprint density at radius 1 is 1.45 bits per heavy atom. The van der Waals surface area contributed by atoms with E-state index in [0.717, 1.165) is 11.3 Å². The van der Waals surface area contributed by atoms with Crippen molar-refractivity contribution in [2.45, 2.75) is 6.92 Å². The van der Waals surface area contributed by atoms with E-state index >= 15 is 0 Å². The van der Waals surface area contributed by atoms with Gasteiger partial charge >= 0.3 is 0 Å². The van der Waals surface area contributed by atoms with Crippen LogP contribution >= 0.6 is 0 Å². The van der Waals surface area contributed by atoms with Crippen LogP contribution < -0.4 is 11.2 Å². The van der Waals surface area contributed by atoms with Crippen molar-refractivity contribution in [2.24, 2.45) is 10.8 Å². The van der Waals surface area contributed by atoms with Crippen molar-refractivity contribution in [1.82, 2.24) is 14.8 Å². The molecule has 0 saturated heterocycles. The molecule has 0 aliphatic heterocycles. The molecule has 0 atom stereocenters. The second-order valence-corrected chi connectivity index (χ2v) is 3.97. The Morgan fingerprint density at radius 3 is 2.75 bits per heavy atom. The van der Waals surface area contributed by atoms with E-state index < -0.39 is 0 Å². The number of benzene rings is 1. The van der Waals surface area contributed by atoms with Gasteiger partial charge in [-0.3, -0.25) is 15.4 Å². The lowest BCUT2D eigenvalue weighted by molar-refractivity contribution is 1.05. The first kappa shape index (κ1) is 13.2. The zero-order valence-electron chi connectivity index (χ0n) is 10.7. The van der Waals surface area contributed by atoms with Crippen LogP contribution in [0.3, 0.4) is 0 Å². The van der Waals surface area contributed by atoms with Gasteiger partial charge in [0.15, 0.2) is 5.84 Å². The van der Waals surface area contributed by atoms with E-state index in [9.17, 15) is 0 Å². The Balaban J connectivity index is 2.31. The minimum Gasteiger partial charge on any atom is -0.382 e. The maximum atomic E-state index is 8.79. The number of aryl methyl sites for hydroxylation is 1. The third-order valence-corrected chi connectivity index (χ3v) is 2.59. The van der Waals surface area contributed by atoms with Crippen LogP contribution in [0, 0.1) is 23.7 Å². The largest absolute Gasteiger partial charge is 0.382 e. The molecule has 0 fully saturated rings. The predicted octanol–water partition coefficient (Wildman–Crippen LogP) is 0.803. The molecule has 1 aromatic carbocycles. The smallest absolute Gasteiger partial charge is 0.201 e. The molecule has 1 heterocycles. The quantitative estimate of drug-likeness (QED) is 0.429.